The number of carbonyl (C=O) groups is 2. The van der Waals surface area contributed by atoms with Crippen LogP contribution in [0.3, 0.4) is 0 Å². The molecule has 26 heavy (non-hydrogen) atoms. The molecule has 2 amide bonds. The number of benzene rings is 1. The summed E-state index contributed by atoms with van der Waals surface area (Å²) in [5.74, 6) is -0.676. The lowest BCUT2D eigenvalue weighted by atomic mass is 10.0. The van der Waals surface area contributed by atoms with Crippen LogP contribution in [-0.4, -0.2) is 34.5 Å². The third kappa shape index (κ3) is 3.58. The van der Waals surface area contributed by atoms with E-state index < -0.39 is 11.9 Å². The van der Waals surface area contributed by atoms with Gasteiger partial charge in [-0.05, 0) is 57.0 Å². The van der Waals surface area contributed by atoms with E-state index in [1.54, 1.807) is 11.6 Å². The highest BCUT2D eigenvalue weighted by Gasteiger charge is 2.31. The number of nitrogens with zero attached hydrogens (tertiary/aromatic N) is 2. The van der Waals surface area contributed by atoms with Crippen LogP contribution < -0.4 is 16.3 Å². The standard InChI is InChI=1S/C19H26N4O3/c1-20-11-5-3-4-6-13-7-8-14-16(12-13)22(2)19(26)23(14)15-9-10-17(24)21-18(15)25/h7-8,12,15,20H,3-6,9-11H2,1-2H3,(H,21,24,25). The summed E-state index contributed by atoms with van der Waals surface area (Å²) in [4.78, 5) is 36.3. The van der Waals surface area contributed by atoms with Crippen LogP contribution in [0, 0.1) is 0 Å². The third-order valence-electron chi connectivity index (χ3n) is 5.07. The zero-order valence-corrected chi connectivity index (χ0v) is 15.4. The van der Waals surface area contributed by atoms with Crippen LogP contribution in [0.15, 0.2) is 23.0 Å². The van der Waals surface area contributed by atoms with Crippen LogP contribution in [0.5, 0.6) is 0 Å². The van der Waals surface area contributed by atoms with Crippen molar-refractivity contribution in [1.29, 1.82) is 0 Å². The monoisotopic (exact) mass is 358 g/mol. The number of piperidine rings is 1. The molecule has 1 aromatic carbocycles. The van der Waals surface area contributed by atoms with Gasteiger partial charge in [-0.2, -0.15) is 0 Å². The number of hydrogen-bond donors (Lipinski definition) is 2. The second-order valence-corrected chi connectivity index (χ2v) is 6.92. The van der Waals surface area contributed by atoms with Crippen molar-refractivity contribution < 1.29 is 9.59 Å². The normalized spacial score (nSPS) is 17.7. The van der Waals surface area contributed by atoms with Crippen LogP contribution in [0.25, 0.3) is 11.0 Å². The summed E-state index contributed by atoms with van der Waals surface area (Å²) in [6, 6.07) is 5.36. The first kappa shape index (κ1) is 18.4. The zero-order chi connectivity index (χ0) is 18.7. The second kappa shape index (κ2) is 7.86. The topological polar surface area (TPSA) is 85.1 Å². The van der Waals surface area contributed by atoms with E-state index in [9.17, 15) is 14.4 Å². The Kier molecular flexibility index (Phi) is 5.56. The smallest absolute Gasteiger partial charge is 0.320 e. The molecule has 1 aromatic heterocycles. The van der Waals surface area contributed by atoms with Crippen LogP contribution in [-0.2, 0) is 23.1 Å². The molecule has 1 saturated heterocycles. The number of rotatable bonds is 7. The molecule has 2 heterocycles. The van der Waals surface area contributed by atoms with Crippen molar-refractivity contribution in [2.24, 2.45) is 7.05 Å². The Morgan fingerprint density at radius 3 is 2.69 bits per heavy atom. The minimum atomic E-state index is -0.628. The minimum absolute atomic E-state index is 0.222. The van der Waals surface area contributed by atoms with Gasteiger partial charge in [0.25, 0.3) is 0 Å². The summed E-state index contributed by atoms with van der Waals surface area (Å²) >= 11 is 0. The number of unbranched alkanes of at least 4 members (excludes halogenated alkanes) is 2. The quantitative estimate of drug-likeness (QED) is 0.576. The molecular formula is C19H26N4O3. The minimum Gasteiger partial charge on any atom is -0.320 e. The maximum absolute atomic E-state index is 12.7. The van der Waals surface area contributed by atoms with Crippen molar-refractivity contribution in [3.63, 3.8) is 0 Å². The summed E-state index contributed by atoms with van der Waals surface area (Å²) in [7, 11) is 3.69. The molecule has 0 saturated carbocycles. The maximum Gasteiger partial charge on any atom is 0.329 e. The molecule has 1 atom stereocenters. The van der Waals surface area contributed by atoms with E-state index >= 15 is 0 Å². The predicted octanol–water partition coefficient (Wildman–Crippen LogP) is 1.25. The number of aromatic nitrogens is 2. The van der Waals surface area contributed by atoms with Crippen LogP contribution in [0.1, 0.15) is 43.7 Å². The Hall–Kier alpha value is -2.41. The van der Waals surface area contributed by atoms with E-state index in [0.29, 0.717) is 6.42 Å². The largest absolute Gasteiger partial charge is 0.329 e. The molecule has 2 aromatic rings. The van der Waals surface area contributed by atoms with Crippen molar-refractivity contribution >= 4 is 22.8 Å². The molecule has 0 aliphatic carbocycles. The van der Waals surface area contributed by atoms with Crippen molar-refractivity contribution in [2.45, 2.75) is 44.6 Å². The molecule has 7 heteroatoms. The fraction of sp³-hybridized carbons (Fsp3) is 0.526. The van der Waals surface area contributed by atoms with Gasteiger partial charge in [0.15, 0.2) is 0 Å². The third-order valence-corrected chi connectivity index (χ3v) is 5.07. The van der Waals surface area contributed by atoms with E-state index in [-0.39, 0.29) is 18.0 Å². The second-order valence-electron chi connectivity index (χ2n) is 6.92. The Morgan fingerprint density at radius 1 is 1.15 bits per heavy atom. The first-order valence-electron chi connectivity index (χ1n) is 9.21. The van der Waals surface area contributed by atoms with Crippen LogP contribution >= 0.6 is 0 Å². The lowest BCUT2D eigenvalue weighted by molar-refractivity contribution is -0.135. The van der Waals surface area contributed by atoms with Crippen molar-refractivity contribution in [3.8, 4) is 0 Å². The first-order chi connectivity index (χ1) is 12.5. The molecule has 140 valence electrons. The molecule has 0 spiro atoms. The summed E-state index contributed by atoms with van der Waals surface area (Å²) in [6.45, 7) is 1.03. The summed E-state index contributed by atoms with van der Waals surface area (Å²) in [5.41, 5.74) is 2.54. The highest BCUT2D eigenvalue weighted by Crippen LogP contribution is 2.24. The van der Waals surface area contributed by atoms with Gasteiger partial charge in [0.05, 0.1) is 11.0 Å². The first-order valence-corrected chi connectivity index (χ1v) is 9.21. The van der Waals surface area contributed by atoms with Crippen LogP contribution in [0.4, 0.5) is 0 Å². The molecule has 2 N–H and O–H groups in total. The predicted molar refractivity (Wildman–Crippen MR) is 100 cm³/mol. The molecule has 7 nitrogen and oxygen atoms in total. The van der Waals surface area contributed by atoms with Crippen LogP contribution in [0.2, 0.25) is 0 Å². The summed E-state index contributed by atoms with van der Waals surface area (Å²) < 4.78 is 3.11. The molecule has 1 unspecified atom stereocenters. The number of carbonyl (C=O) groups excluding carboxylic acids is 2. The molecule has 1 aliphatic heterocycles. The van der Waals surface area contributed by atoms with Gasteiger partial charge < -0.3 is 5.32 Å². The average molecular weight is 358 g/mol. The van der Waals surface area contributed by atoms with Gasteiger partial charge in [-0.25, -0.2) is 4.79 Å². The van der Waals surface area contributed by atoms with E-state index in [0.717, 1.165) is 43.3 Å². The van der Waals surface area contributed by atoms with E-state index in [1.165, 1.54) is 10.1 Å². The maximum atomic E-state index is 12.7. The van der Waals surface area contributed by atoms with Crippen molar-refractivity contribution in [2.75, 3.05) is 13.6 Å². The fourth-order valence-electron chi connectivity index (χ4n) is 3.60. The molecule has 0 bridgehead atoms. The lowest BCUT2D eigenvalue weighted by Gasteiger charge is -2.21. The average Bonchev–Trinajstić information content (AvgIpc) is 2.86. The van der Waals surface area contributed by atoms with Gasteiger partial charge in [-0.3, -0.25) is 24.0 Å². The van der Waals surface area contributed by atoms with E-state index in [1.807, 2.05) is 25.2 Å². The van der Waals surface area contributed by atoms with Gasteiger partial charge in [0.2, 0.25) is 11.8 Å². The number of amides is 2. The number of nitrogens with one attached hydrogen (secondary N) is 2. The lowest BCUT2D eigenvalue weighted by Crippen LogP contribution is -2.44. The number of fused-ring (bicyclic) bond motifs is 1. The van der Waals surface area contributed by atoms with Gasteiger partial charge in [0.1, 0.15) is 6.04 Å². The molecule has 0 radical (unpaired) electrons. The van der Waals surface area contributed by atoms with Gasteiger partial charge >= 0.3 is 5.69 Å². The number of imidazole rings is 1. The molecule has 3 rings (SSSR count). The summed E-state index contributed by atoms with van der Waals surface area (Å²) in [6.07, 6.45) is 5.01. The molecular weight excluding hydrogens is 332 g/mol. The van der Waals surface area contributed by atoms with Gasteiger partial charge in [-0.1, -0.05) is 12.5 Å². The van der Waals surface area contributed by atoms with Gasteiger partial charge in [0, 0.05) is 13.5 Å². The summed E-state index contributed by atoms with van der Waals surface area (Å²) in [5, 5.41) is 5.48. The Morgan fingerprint density at radius 2 is 1.96 bits per heavy atom. The molecule has 1 fully saturated rings. The highest BCUT2D eigenvalue weighted by molar-refractivity contribution is 6.00. The Balaban J connectivity index is 1.85. The van der Waals surface area contributed by atoms with E-state index in [2.05, 4.69) is 10.6 Å². The highest BCUT2D eigenvalue weighted by atomic mass is 16.2. The number of imide groups is 1. The fourth-order valence-corrected chi connectivity index (χ4v) is 3.60. The van der Waals surface area contributed by atoms with Gasteiger partial charge in [-0.15, -0.1) is 0 Å². The Labute approximate surface area is 152 Å². The van der Waals surface area contributed by atoms with Crippen molar-refractivity contribution in [3.05, 3.63) is 34.2 Å². The molecule has 1 aliphatic rings. The number of hydrogen-bond acceptors (Lipinski definition) is 4. The number of aryl methyl sites for hydroxylation is 2. The zero-order valence-electron chi connectivity index (χ0n) is 15.4. The SMILES string of the molecule is CNCCCCCc1ccc2c(c1)n(C)c(=O)n2C1CCC(=O)NC1=O. The Bertz CT molecular complexity index is 881. The van der Waals surface area contributed by atoms with Crippen molar-refractivity contribution in [1.82, 2.24) is 19.8 Å². The van der Waals surface area contributed by atoms with E-state index in [4.69, 9.17) is 0 Å².